The van der Waals surface area contributed by atoms with Gasteiger partial charge in [0.2, 0.25) is 0 Å². The third-order valence-corrected chi connectivity index (χ3v) is 4.35. The molecule has 0 bridgehead atoms. The van der Waals surface area contributed by atoms with Crippen LogP contribution in [-0.4, -0.2) is 26.4 Å². The fourth-order valence-electron chi connectivity index (χ4n) is 3.27. The van der Waals surface area contributed by atoms with Crippen molar-refractivity contribution in [3.63, 3.8) is 0 Å². The Bertz CT molecular complexity index is 192. The highest BCUT2D eigenvalue weighted by Gasteiger charge is 2.37. The van der Waals surface area contributed by atoms with Gasteiger partial charge >= 0.3 is 0 Å². The Kier molecular flexibility index (Phi) is 4.62. The normalized spacial score (nSPS) is 25.3. The monoisotopic (exact) mass is 227 g/mol. The molecule has 0 aromatic heterocycles. The molecule has 0 atom stereocenters. The molecule has 0 heterocycles. The van der Waals surface area contributed by atoms with Gasteiger partial charge in [0.05, 0.1) is 13.2 Å². The summed E-state index contributed by atoms with van der Waals surface area (Å²) >= 11 is 0. The van der Waals surface area contributed by atoms with Gasteiger partial charge < -0.3 is 4.74 Å². The number of hydrogen-bond acceptors (Lipinski definition) is 3. The molecule has 1 spiro atoms. The summed E-state index contributed by atoms with van der Waals surface area (Å²) in [6, 6.07) is 0.572. The van der Waals surface area contributed by atoms with E-state index in [2.05, 4.69) is 5.48 Å². The van der Waals surface area contributed by atoms with Gasteiger partial charge in [-0.1, -0.05) is 12.8 Å². The van der Waals surface area contributed by atoms with Crippen LogP contribution < -0.4 is 5.48 Å². The molecule has 0 saturated heterocycles. The molecule has 2 fully saturated rings. The standard InChI is InChI=1S/C13H25NO2/c1-15-10-11-16-14-12-4-8-13(9-5-12)6-2-3-7-13/h12,14H,2-11H2,1H3. The van der Waals surface area contributed by atoms with Crippen molar-refractivity contribution in [2.45, 2.75) is 57.4 Å². The number of hydroxylamine groups is 1. The van der Waals surface area contributed by atoms with Crippen molar-refractivity contribution in [1.82, 2.24) is 5.48 Å². The van der Waals surface area contributed by atoms with E-state index >= 15 is 0 Å². The Hall–Kier alpha value is -0.120. The minimum atomic E-state index is 0.572. The Morgan fingerprint density at radius 1 is 1.06 bits per heavy atom. The molecular formula is C13H25NO2. The molecule has 0 amide bonds. The van der Waals surface area contributed by atoms with Gasteiger partial charge in [-0.3, -0.25) is 4.84 Å². The fourth-order valence-corrected chi connectivity index (χ4v) is 3.27. The zero-order valence-corrected chi connectivity index (χ0v) is 10.5. The second-order valence-corrected chi connectivity index (χ2v) is 5.44. The van der Waals surface area contributed by atoms with E-state index in [9.17, 15) is 0 Å². The first kappa shape index (κ1) is 12.3. The van der Waals surface area contributed by atoms with Crippen LogP contribution in [0, 0.1) is 5.41 Å². The Balaban J connectivity index is 1.61. The highest BCUT2D eigenvalue weighted by molar-refractivity contribution is 4.90. The first-order valence-electron chi connectivity index (χ1n) is 6.71. The highest BCUT2D eigenvalue weighted by atomic mass is 16.7. The highest BCUT2D eigenvalue weighted by Crippen LogP contribution is 2.48. The summed E-state index contributed by atoms with van der Waals surface area (Å²) in [7, 11) is 1.70. The quantitative estimate of drug-likeness (QED) is 0.578. The molecule has 0 aromatic rings. The molecule has 16 heavy (non-hydrogen) atoms. The number of hydrogen-bond donors (Lipinski definition) is 1. The molecule has 1 N–H and O–H groups in total. The Labute approximate surface area is 98.8 Å². The van der Waals surface area contributed by atoms with Crippen molar-refractivity contribution in [3.05, 3.63) is 0 Å². The number of rotatable bonds is 5. The summed E-state index contributed by atoms with van der Waals surface area (Å²) in [6.07, 6.45) is 11.2. The summed E-state index contributed by atoms with van der Waals surface area (Å²) in [5, 5.41) is 0. The fraction of sp³-hybridized carbons (Fsp3) is 1.00. The van der Waals surface area contributed by atoms with Crippen molar-refractivity contribution < 1.29 is 9.57 Å². The zero-order chi connectivity index (χ0) is 11.3. The summed E-state index contributed by atoms with van der Waals surface area (Å²) in [5.41, 5.74) is 3.91. The molecule has 0 aliphatic heterocycles. The van der Waals surface area contributed by atoms with E-state index in [1.165, 1.54) is 51.4 Å². The first-order valence-corrected chi connectivity index (χ1v) is 6.71. The topological polar surface area (TPSA) is 30.5 Å². The van der Waals surface area contributed by atoms with Crippen LogP contribution >= 0.6 is 0 Å². The molecule has 2 aliphatic carbocycles. The smallest absolute Gasteiger partial charge is 0.0915 e. The van der Waals surface area contributed by atoms with E-state index in [0.717, 1.165) is 5.41 Å². The van der Waals surface area contributed by atoms with Crippen molar-refractivity contribution in [2.75, 3.05) is 20.3 Å². The van der Waals surface area contributed by atoms with E-state index < -0.39 is 0 Å². The average Bonchev–Trinajstić information content (AvgIpc) is 2.76. The van der Waals surface area contributed by atoms with E-state index in [1.807, 2.05) is 0 Å². The Morgan fingerprint density at radius 2 is 1.75 bits per heavy atom. The molecule has 2 rings (SSSR count). The molecule has 94 valence electrons. The second-order valence-electron chi connectivity index (χ2n) is 5.44. The van der Waals surface area contributed by atoms with E-state index in [4.69, 9.17) is 9.57 Å². The van der Waals surface area contributed by atoms with Crippen molar-refractivity contribution in [1.29, 1.82) is 0 Å². The molecule has 0 radical (unpaired) electrons. The van der Waals surface area contributed by atoms with Crippen molar-refractivity contribution in [2.24, 2.45) is 5.41 Å². The van der Waals surface area contributed by atoms with Crippen LogP contribution in [-0.2, 0) is 9.57 Å². The van der Waals surface area contributed by atoms with Gasteiger partial charge in [0.15, 0.2) is 0 Å². The van der Waals surface area contributed by atoms with E-state index in [1.54, 1.807) is 7.11 Å². The number of methoxy groups -OCH3 is 1. The van der Waals surface area contributed by atoms with E-state index in [-0.39, 0.29) is 0 Å². The largest absolute Gasteiger partial charge is 0.382 e. The SMILES string of the molecule is COCCONC1CCC2(CCCC2)CC1. The van der Waals surface area contributed by atoms with Crippen LogP contribution in [0.2, 0.25) is 0 Å². The van der Waals surface area contributed by atoms with Gasteiger partial charge in [-0.2, -0.15) is 5.48 Å². The predicted molar refractivity (Wildman–Crippen MR) is 64.1 cm³/mol. The number of nitrogens with one attached hydrogen (secondary N) is 1. The van der Waals surface area contributed by atoms with Gasteiger partial charge in [0.25, 0.3) is 0 Å². The first-order chi connectivity index (χ1) is 7.85. The maximum atomic E-state index is 5.39. The van der Waals surface area contributed by atoms with Gasteiger partial charge in [0, 0.05) is 13.2 Å². The van der Waals surface area contributed by atoms with Gasteiger partial charge in [-0.15, -0.1) is 0 Å². The predicted octanol–water partition coefficient (Wildman–Crippen LogP) is 2.66. The van der Waals surface area contributed by atoms with E-state index in [0.29, 0.717) is 19.3 Å². The summed E-state index contributed by atoms with van der Waals surface area (Å²) in [4.78, 5) is 5.39. The average molecular weight is 227 g/mol. The molecule has 3 nitrogen and oxygen atoms in total. The van der Waals surface area contributed by atoms with Crippen LogP contribution in [0.4, 0.5) is 0 Å². The lowest BCUT2D eigenvalue weighted by atomic mass is 9.71. The molecule has 2 aliphatic rings. The van der Waals surface area contributed by atoms with Crippen LogP contribution in [0.3, 0.4) is 0 Å². The maximum Gasteiger partial charge on any atom is 0.0915 e. The van der Waals surface area contributed by atoms with Gasteiger partial charge in [-0.25, -0.2) is 0 Å². The summed E-state index contributed by atoms with van der Waals surface area (Å²) in [5.74, 6) is 0. The molecule has 2 saturated carbocycles. The van der Waals surface area contributed by atoms with Gasteiger partial charge in [0.1, 0.15) is 0 Å². The minimum Gasteiger partial charge on any atom is -0.382 e. The van der Waals surface area contributed by atoms with Crippen molar-refractivity contribution in [3.8, 4) is 0 Å². The molecule has 0 aromatic carbocycles. The van der Waals surface area contributed by atoms with Crippen LogP contribution in [0.15, 0.2) is 0 Å². The molecular weight excluding hydrogens is 202 g/mol. The second kappa shape index (κ2) is 5.99. The van der Waals surface area contributed by atoms with Crippen LogP contribution in [0.5, 0.6) is 0 Å². The summed E-state index contributed by atoms with van der Waals surface area (Å²) < 4.78 is 4.94. The van der Waals surface area contributed by atoms with Crippen LogP contribution in [0.25, 0.3) is 0 Å². The molecule has 3 heteroatoms. The summed E-state index contributed by atoms with van der Waals surface area (Å²) in [6.45, 7) is 1.32. The van der Waals surface area contributed by atoms with Crippen molar-refractivity contribution >= 4 is 0 Å². The van der Waals surface area contributed by atoms with Gasteiger partial charge in [-0.05, 0) is 43.9 Å². The lowest BCUT2D eigenvalue weighted by Crippen LogP contribution is -2.37. The maximum absolute atomic E-state index is 5.39. The lowest BCUT2D eigenvalue weighted by molar-refractivity contribution is -0.0264. The third kappa shape index (κ3) is 3.19. The minimum absolute atomic E-state index is 0.572. The number of ether oxygens (including phenoxy) is 1. The zero-order valence-electron chi connectivity index (χ0n) is 10.5. The molecule has 0 unspecified atom stereocenters. The lowest BCUT2D eigenvalue weighted by Gasteiger charge is -2.37. The van der Waals surface area contributed by atoms with Crippen LogP contribution in [0.1, 0.15) is 51.4 Å². The Morgan fingerprint density at radius 3 is 2.38 bits per heavy atom. The third-order valence-electron chi connectivity index (χ3n) is 4.35.